The van der Waals surface area contributed by atoms with Crippen LogP contribution in [-0.2, 0) is 0 Å². The number of hydrogen-bond acceptors (Lipinski definition) is 2. The zero-order chi connectivity index (χ0) is 25.2. The number of aryl methyl sites for hydroxylation is 1. The lowest BCUT2D eigenvalue weighted by atomic mass is 9.96. The Morgan fingerprint density at radius 2 is 1.00 bits per heavy atom. The van der Waals surface area contributed by atoms with Crippen LogP contribution in [0.2, 0.25) is 0 Å². The van der Waals surface area contributed by atoms with E-state index in [9.17, 15) is 0 Å². The molecule has 0 saturated carbocycles. The number of pyridine rings is 1. The van der Waals surface area contributed by atoms with Crippen LogP contribution in [-0.4, -0.2) is 4.98 Å². The molecule has 0 aliphatic rings. The van der Waals surface area contributed by atoms with Gasteiger partial charge < -0.3 is 0 Å². The Bertz CT molecular complexity index is 2150. The molecule has 2 heterocycles. The third kappa shape index (κ3) is 3.14. The first kappa shape index (κ1) is 21.5. The highest BCUT2D eigenvalue weighted by Crippen LogP contribution is 2.41. The van der Waals surface area contributed by atoms with E-state index in [0.717, 1.165) is 16.8 Å². The second kappa shape index (κ2) is 8.24. The molecule has 0 bridgehead atoms. The van der Waals surface area contributed by atoms with Crippen LogP contribution in [0.4, 0.5) is 0 Å². The van der Waals surface area contributed by atoms with Crippen LogP contribution >= 0.6 is 11.3 Å². The number of benzene rings is 6. The Morgan fingerprint density at radius 1 is 0.447 bits per heavy atom. The second-order valence-electron chi connectivity index (χ2n) is 10.00. The van der Waals surface area contributed by atoms with Gasteiger partial charge in [-0.1, -0.05) is 109 Å². The number of aromatic nitrogens is 1. The summed E-state index contributed by atoms with van der Waals surface area (Å²) in [5.41, 5.74) is 7.06. The van der Waals surface area contributed by atoms with E-state index >= 15 is 0 Å². The van der Waals surface area contributed by atoms with Crippen LogP contribution in [0.5, 0.6) is 0 Å². The zero-order valence-corrected chi connectivity index (χ0v) is 21.7. The summed E-state index contributed by atoms with van der Waals surface area (Å²) in [7, 11) is 0. The molecule has 0 spiro atoms. The summed E-state index contributed by atoms with van der Waals surface area (Å²) in [6.45, 7) is 2.20. The molecular weight excluding hydrogens is 478 g/mol. The van der Waals surface area contributed by atoms with Crippen LogP contribution < -0.4 is 0 Å². The van der Waals surface area contributed by atoms with Crippen LogP contribution in [0.3, 0.4) is 0 Å². The quantitative estimate of drug-likeness (QED) is 0.215. The molecule has 6 aromatic carbocycles. The van der Waals surface area contributed by atoms with Gasteiger partial charge in [0.1, 0.15) is 0 Å². The van der Waals surface area contributed by atoms with Crippen molar-refractivity contribution < 1.29 is 0 Å². The molecule has 0 aliphatic carbocycles. The molecule has 2 heteroatoms. The van der Waals surface area contributed by atoms with Crippen LogP contribution in [0.25, 0.3) is 75.0 Å². The van der Waals surface area contributed by atoms with Crippen LogP contribution in [0.1, 0.15) is 5.56 Å². The molecule has 178 valence electrons. The largest absolute Gasteiger partial charge is 0.247 e. The van der Waals surface area contributed by atoms with Crippen molar-refractivity contribution in [2.45, 2.75) is 6.92 Å². The minimum atomic E-state index is 1.00. The van der Waals surface area contributed by atoms with Gasteiger partial charge in [-0.3, -0.25) is 0 Å². The monoisotopic (exact) mass is 501 g/mol. The van der Waals surface area contributed by atoms with Gasteiger partial charge in [-0.2, -0.15) is 0 Å². The highest BCUT2D eigenvalue weighted by molar-refractivity contribution is 7.26. The predicted molar refractivity (Wildman–Crippen MR) is 165 cm³/mol. The molecule has 0 amide bonds. The summed E-state index contributed by atoms with van der Waals surface area (Å²) < 4.78 is 2.73. The van der Waals surface area contributed by atoms with E-state index in [1.54, 1.807) is 0 Å². The summed E-state index contributed by atoms with van der Waals surface area (Å²) in [6, 6.07) is 43.8. The number of fused-ring (bicyclic) bond motifs is 9. The first-order chi connectivity index (χ1) is 18.8. The maximum absolute atomic E-state index is 5.22. The zero-order valence-electron chi connectivity index (χ0n) is 20.9. The lowest BCUT2D eigenvalue weighted by Crippen LogP contribution is -1.89. The lowest BCUT2D eigenvalue weighted by molar-refractivity contribution is 1.41. The van der Waals surface area contributed by atoms with Crippen molar-refractivity contribution in [3.8, 4) is 22.4 Å². The average molecular weight is 502 g/mol. The molecule has 0 saturated heterocycles. The number of nitrogens with zero attached hydrogens (tertiary/aromatic N) is 1. The third-order valence-electron chi connectivity index (χ3n) is 7.80. The molecule has 1 nitrogen and oxygen atoms in total. The standard InChI is InChI=1S/C36H23NS/c1-22-8-6-14-31-32-15-7-13-25(36(32)38-35(22)31)23-16-18-24(19-17-23)33-21-20-30-28-11-3-2-9-26(28)27-10-4-5-12-29(27)34(30)37-33/h2-21H,1H3. The van der Waals surface area contributed by atoms with Gasteiger partial charge in [0.2, 0.25) is 0 Å². The van der Waals surface area contributed by atoms with Crippen molar-refractivity contribution in [3.05, 3.63) is 127 Å². The number of thiophene rings is 1. The predicted octanol–water partition coefficient (Wildman–Crippen LogP) is 10.6. The molecule has 8 rings (SSSR count). The fraction of sp³-hybridized carbons (Fsp3) is 0.0278. The van der Waals surface area contributed by atoms with E-state index in [1.807, 2.05) is 11.3 Å². The minimum Gasteiger partial charge on any atom is -0.247 e. The van der Waals surface area contributed by atoms with Gasteiger partial charge in [-0.05, 0) is 51.9 Å². The van der Waals surface area contributed by atoms with Crippen molar-refractivity contribution in [2.75, 3.05) is 0 Å². The molecule has 0 atom stereocenters. The smallest absolute Gasteiger partial charge is 0.0794 e. The van der Waals surface area contributed by atoms with Crippen molar-refractivity contribution in [2.24, 2.45) is 0 Å². The molecule has 0 unspecified atom stereocenters. The van der Waals surface area contributed by atoms with Crippen LogP contribution in [0, 0.1) is 6.92 Å². The minimum absolute atomic E-state index is 1.00. The normalized spacial score (nSPS) is 11.8. The Kier molecular flexibility index (Phi) is 4.67. The lowest BCUT2D eigenvalue weighted by Gasteiger charge is -2.11. The van der Waals surface area contributed by atoms with Crippen molar-refractivity contribution >= 4 is 64.0 Å². The van der Waals surface area contributed by atoms with E-state index in [0.29, 0.717) is 0 Å². The van der Waals surface area contributed by atoms with Gasteiger partial charge in [0.15, 0.2) is 0 Å². The second-order valence-corrected chi connectivity index (χ2v) is 11.0. The Hall–Kier alpha value is -4.53. The first-order valence-electron chi connectivity index (χ1n) is 13.0. The fourth-order valence-electron chi connectivity index (χ4n) is 5.93. The van der Waals surface area contributed by atoms with Gasteiger partial charge in [0.05, 0.1) is 11.2 Å². The van der Waals surface area contributed by atoms with E-state index in [2.05, 4.69) is 128 Å². The Morgan fingerprint density at radius 3 is 1.74 bits per heavy atom. The maximum atomic E-state index is 5.22. The summed E-state index contributed by atoms with van der Waals surface area (Å²) >= 11 is 1.90. The number of rotatable bonds is 2. The summed E-state index contributed by atoms with van der Waals surface area (Å²) in [5, 5.41) is 8.87. The molecule has 0 radical (unpaired) electrons. The van der Waals surface area contributed by atoms with Crippen molar-refractivity contribution in [1.82, 2.24) is 4.98 Å². The van der Waals surface area contributed by atoms with Gasteiger partial charge in [-0.25, -0.2) is 4.98 Å². The summed E-state index contributed by atoms with van der Waals surface area (Å²) in [6.07, 6.45) is 0. The van der Waals surface area contributed by atoms with Gasteiger partial charge >= 0.3 is 0 Å². The highest BCUT2D eigenvalue weighted by atomic mass is 32.1. The van der Waals surface area contributed by atoms with Crippen LogP contribution in [0.15, 0.2) is 121 Å². The van der Waals surface area contributed by atoms with Crippen molar-refractivity contribution in [1.29, 1.82) is 0 Å². The molecule has 38 heavy (non-hydrogen) atoms. The Balaban J connectivity index is 1.27. The topological polar surface area (TPSA) is 12.9 Å². The fourth-order valence-corrected chi connectivity index (χ4v) is 7.23. The van der Waals surface area contributed by atoms with E-state index in [1.165, 1.54) is 63.8 Å². The SMILES string of the molecule is Cc1cccc2c1sc1c(-c3ccc(-c4ccc5c6ccccc6c6ccccc6c5n4)cc3)cccc12. The van der Waals surface area contributed by atoms with E-state index in [-0.39, 0.29) is 0 Å². The molecule has 8 aromatic rings. The van der Waals surface area contributed by atoms with Gasteiger partial charge in [0, 0.05) is 36.5 Å². The third-order valence-corrected chi connectivity index (χ3v) is 9.19. The highest BCUT2D eigenvalue weighted by Gasteiger charge is 2.13. The molecular formula is C36H23NS. The van der Waals surface area contributed by atoms with E-state index in [4.69, 9.17) is 4.98 Å². The first-order valence-corrected chi connectivity index (χ1v) is 13.8. The molecule has 0 N–H and O–H groups in total. The van der Waals surface area contributed by atoms with Crippen molar-refractivity contribution in [3.63, 3.8) is 0 Å². The van der Waals surface area contributed by atoms with Gasteiger partial charge in [0.25, 0.3) is 0 Å². The molecule has 0 aliphatic heterocycles. The number of hydrogen-bond donors (Lipinski definition) is 0. The summed E-state index contributed by atoms with van der Waals surface area (Å²) in [4.78, 5) is 5.22. The molecule has 0 fully saturated rings. The summed E-state index contributed by atoms with van der Waals surface area (Å²) in [5.74, 6) is 0. The van der Waals surface area contributed by atoms with E-state index < -0.39 is 0 Å². The van der Waals surface area contributed by atoms with Gasteiger partial charge in [-0.15, -0.1) is 11.3 Å². The maximum Gasteiger partial charge on any atom is 0.0794 e. The molecule has 2 aromatic heterocycles. The average Bonchev–Trinajstić information content (AvgIpc) is 3.38. The Labute approximate surface area is 224 Å².